The molecule has 6 nitrogen and oxygen atoms in total. The van der Waals surface area contributed by atoms with E-state index in [0.29, 0.717) is 11.3 Å². The first-order chi connectivity index (χ1) is 12.9. The maximum Gasteiger partial charge on any atom is 0.308 e. The fourth-order valence-corrected chi connectivity index (χ4v) is 4.05. The summed E-state index contributed by atoms with van der Waals surface area (Å²) >= 11 is 1.38. The lowest BCUT2D eigenvalue weighted by atomic mass is 9.99. The number of nitrogens with one attached hydrogen (secondary N) is 1. The zero-order valence-electron chi connectivity index (χ0n) is 15.6. The summed E-state index contributed by atoms with van der Waals surface area (Å²) in [6, 6.07) is 11.3. The third-order valence-electron chi connectivity index (χ3n) is 4.49. The Labute approximate surface area is 161 Å². The fraction of sp³-hybridized carbons (Fsp3) is 0.350. The molecule has 3 rings (SSSR count). The number of carbonyl (C=O) groups excluding carboxylic acids is 1. The zero-order valence-corrected chi connectivity index (χ0v) is 16.4. The van der Waals surface area contributed by atoms with Gasteiger partial charge < -0.3 is 10.4 Å². The molecule has 2 heterocycles. The average Bonchev–Trinajstić information content (AvgIpc) is 3.19. The van der Waals surface area contributed by atoms with Crippen LogP contribution >= 0.6 is 11.3 Å². The molecule has 0 saturated carbocycles. The molecule has 2 aromatic heterocycles. The van der Waals surface area contributed by atoms with Crippen molar-refractivity contribution < 1.29 is 14.7 Å². The molecule has 27 heavy (non-hydrogen) atoms. The van der Waals surface area contributed by atoms with E-state index in [4.69, 9.17) is 0 Å². The maximum absolute atomic E-state index is 12.6. The zero-order chi connectivity index (χ0) is 19.6. The van der Waals surface area contributed by atoms with E-state index in [2.05, 4.69) is 24.3 Å². The van der Waals surface area contributed by atoms with Crippen LogP contribution in [0.4, 0.5) is 0 Å². The van der Waals surface area contributed by atoms with Gasteiger partial charge in [-0.2, -0.15) is 5.10 Å². The lowest BCUT2D eigenvalue weighted by Gasteiger charge is -2.13. The molecular formula is C20H23N3O3S. The second-order valence-corrected chi connectivity index (χ2v) is 7.96. The number of rotatable bonds is 7. The van der Waals surface area contributed by atoms with Crippen LogP contribution in [0.25, 0.3) is 10.2 Å². The van der Waals surface area contributed by atoms with Crippen molar-refractivity contribution in [3.05, 3.63) is 52.5 Å². The number of carboxylic acids is 1. The molecule has 0 saturated heterocycles. The molecule has 0 aliphatic rings. The minimum absolute atomic E-state index is 0.0899. The van der Waals surface area contributed by atoms with Crippen molar-refractivity contribution >= 4 is 33.4 Å². The number of aromatic nitrogens is 2. The predicted octanol–water partition coefficient (Wildman–Crippen LogP) is 3.43. The molecule has 1 amide bonds. The number of benzene rings is 1. The Balaban J connectivity index is 1.71. The summed E-state index contributed by atoms with van der Waals surface area (Å²) in [5, 5.41) is 17.8. The molecule has 7 heteroatoms. The van der Waals surface area contributed by atoms with Gasteiger partial charge in [0.15, 0.2) is 0 Å². The highest BCUT2D eigenvalue weighted by Gasteiger charge is 2.22. The Morgan fingerprint density at radius 1 is 1.26 bits per heavy atom. The number of fused-ring (bicyclic) bond motifs is 1. The van der Waals surface area contributed by atoms with Gasteiger partial charge >= 0.3 is 5.97 Å². The van der Waals surface area contributed by atoms with Crippen molar-refractivity contribution in [3.8, 4) is 0 Å². The number of hydrogen-bond donors (Lipinski definition) is 2. The van der Waals surface area contributed by atoms with Crippen LogP contribution in [0, 0.1) is 5.92 Å². The molecule has 2 N–H and O–H groups in total. The van der Waals surface area contributed by atoms with Crippen LogP contribution < -0.4 is 5.32 Å². The summed E-state index contributed by atoms with van der Waals surface area (Å²) in [5.74, 6) is -1.56. The molecule has 0 fully saturated rings. The van der Waals surface area contributed by atoms with E-state index in [-0.39, 0.29) is 18.4 Å². The summed E-state index contributed by atoms with van der Waals surface area (Å²) in [6.45, 7) is 4.23. The molecule has 3 aromatic rings. The summed E-state index contributed by atoms with van der Waals surface area (Å²) < 4.78 is 1.79. The highest BCUT2D eigenvalue weighted by molar-refractivity contribution is 7.20. The Morgan fingerprint density at radius 2 is 1.96 bits per heavy atom. The van der Waals surface area contributed by atoms with Gasteiger partial charge in [-0.25, -0.2) is 0 Å². The molecule has 0 aliphatic carbocycles. The average molecular weight is 385 g/mol. The van der Waals surface area contributed by atoms with E-state index in [0.717, 1.165) is 21.5 Å². The van der Waals surface area contributed by atoms with Crippen LogP contribution in [-0.2, 0) is 18.3 Å². The number of hydrogen-bond acceptors (Lipinski definition) is 4. The Hall–Kier alpha value is -2.67. The number of thiophene rings is 1. The van der Waals surface area contributed by atoms with E-state index in [1.165, 1.54) is 11.3 Å². The molecule has 0 bridgehead atoms. The predicted molar refractivity (Wildman–Crippen MR) is 106 cm³/mol. The quantitative estimate of drug-likeness (QED) is 0.653. The molecule has 0 spiro atoms. The van der Waals surface area contributed by atoms with Gasteiger partial charge in [-0.3, -0.25) is 14.3 Å². The van der Waals surface area contributed by atoms with E-state index < -0.39 is 11.9 Å². The number of carboxylic acid groups (broad SMARTS) is 1. The summed E-state index contributed by atoms with van der Waals surface area (Å²) in [5.41, 5.74) is 1.91. The van der Waals surface area contributed by atoms with Crippen molar-refractivity contribution in [1.82, 2.24) is 15.1 Å². The SMILES string of the molecule is CC(C)c1nn(C)c2sc(C(=O)NCC(Cc3ccccc3)C(=O)O)cc12. The van der Waals surface area contributed by atoms with E-state index in [1.807, 2.05) is 43.4 Å². The highest BCUT2D eigenvalue weighted by atomic mass is 32.1. The first kappa shape index (κ1) is 19.1. The number of amides is 1. The van der Waals surface area contributed by atoms with Gasteiger partial charge in [0.2, 0.25) is 0 Å². The van der Waals surface area contributed by atoms with Gasteiger partial charge in [-0.05, 0) is 24.0 Å². The van der Waals surface area contributed by atoms with Gasteiger partial charge in [0.25, 0.3) is 5.91 Å². The highest BCUT2D eigenvalue weighted by Crippen LogP contribution is 2.31. The van der Waals surface area contributed by atoms with Crippen LogP contribution in [0.2, 0.25) is 0 Å². The minimum Gasteiger partial charge on any atom is -0.481 e. The summed E-state index contributed by atoms with van der Waals surface area (Å²) in [6.07, 6.45) is 0.379. The summed E-state index contributed by atoms with van der Waals surface area (Å²) in [7, 11) is 1.87. The van der Waals surface area contributed by atoms with Crippen molar-refractivity contribution in [2.45, 2.75) is 26.2 Å². The Kier molecular flexibility index (Phi) is 5.60. The van der Waals surface area contributed by atoms with Gasteiger partial charge in [0.1, 0.15) is 4.83 Å². The Morgan fingerprint density at radius 3 is 2.59 bits per heavy atom. The largest absolute Gasteiger partial charge is 0.481 e. The fourth-order valence-electron chi connectivity index (χ4n) is 3.05. The first-order valence-corrected chi connectivity index (χ1v) is 9.69. The molecule has 142 valence electrons. The van der Waals surface area contributed by atoms with Crippen molar-refractivity contribution in [2.24, 2.45) is 13.0 Å². The van der Waals surface area contributed by atoms with Crippen molar-refractivity contribution in [3.63, 3.8) is 0 Å². The smallest absolute Gasteiger partial charge is 0.308 e. The first-order valence-electron chi connectivity index (χ1n) is 8.88. The maximum atomic E-state index is 12.6. The van der Waals surface area contributed by atoms with Crippen LogP contribution in [0.15, 0.2) is 36.4 Å². The van der Waals surface area contributed by atoms with Crippen molar-refractivity contribution in [2.75, 3.05) is 6.54 Å². The Bertz CT molecular complexity index is 960. The molecule has 0 aliphatic heterocycles. The van der Waals surface area contributed by atoms with Gasteiger partial charge in [0, 0.05) is 19.0 Å². The number of nitrogens with zero attached hydrogens (tertiary/aromatic N) is 2. The minimum atomic E-state index is -0.915. The molecular weight excluding hydrogens is 362 g/mol. The van der Waals surface area contributed by atoms with Gasteiger partial charge in [0.05, 0.1) is 16.5 Å². The van der Waals surface area contributed by atoms with Crippen LogP contribution in [-0.4, -0.2) is 33.3 Å². The molecule has 1 aromatic carbocycles. The van der Waals surface area contributed by atoms with Crippen LogP contribution in [0.1, 0.15) is 40.7 Å². The van der Waals surface area contributed by atoms with Crippen LogP contribution in [0.5, 0.6) is 0 Å². The summed E-state index contributed by atoms with van der Waals surface area (Å²) in [4.78, 5) is 25.6. The third-order valence-corrected chi connectivity index (χ3v) is 5.69. The number of carbonyl (C=O) groups is 2. The van der Waals surface area contributed by atoms with Gasteiger partial charge in [-0.15, -0.1) is 11.3 Å². The van der Waals surface area contributed by atoms with Gasteiger partial charge in [-0.1, -0.05) is 44.2 Å². The van der Waals surface area contributed by atoms with Crippen LogP contribution in [0.3, 0.4) is 0 Å². The third kappa shape index (κ3) is 4.19. The van der Waals surface area contributed by atoms with E-state index >= 15 is 0 Å². The van der Waals surface area contributed by atoms with Crippen molar-refractivity contribution in [1.29, 1.82) is 0 Å². The van der Waals surface area contributed by atoms with E-state index in [9.17, 15) is 14.7 Å². The normalized spacial score (nSPS) is 12.4. The lowest BCUT2D eigenvalue weighted by Crippen LogP contribution is -2.33. The van der Waals surface area contributed by atoms with E-state index in [1.54, 1.807) is 4.68 Å². The second-order valence-electron chi connectivity index (χ2n) is 6.93. The topological polar surface area (TPSA) is 84.2 Å². The second kappa shape index (κ2) is 7.92. The lowest BCUT2D eigenvalue weighted by molar-refractivity contribution is -0.141. The molecule has 1 unspecified atom stereocenters. The number of aliphatic carboxylic acids is 1. The molecule has 1 atom stereocenters. The molecule has 0 radical (unpaired) electrons. The standard InChI is InChI=1S/C20H23N3O3S/c1-12(2)17-15-10-16(27-19(15)23(3)22-17)18(24)21-11-14(20(25)26)9-13-7-5-4-6-8-13/h4-8,10,12,14H,9,11H2,1-3H3,(H,21,24)(H,25,26). The number of aryl methyl sites for hydroxylation is 1. The monoisotopic (exact) mass is 385 g/mol.